The van der Waals surface area contributed by atoms with E-state index in [9.17, 15) is 14.4 Å². The minimum absolute atomic E-state index is 0.00729. The molecule has 6 nitrogen and oxygen atoms in total. The Morgan fingerprint density at radius 1 is 1.18 bits per heavy atom. The lowest BCUT2D eigenvalue weighted by atomic mass is 10.1. The number of carbonyl (C=O) groups is 3. The van der Waals surface area contributed by atoms with Gasteiger partial charge in [-0.05, 0) is 37.1 Å². The average Bonchev–Trinajstić information content (AvgIpc) is 2.68. The van der Waals surface area contributed by atoms with Crippen LogP contribution in [0.1, 0.15) is 35.7 Å². The standard InChI is InChI=1S/C21H22N2O4S/c1-14-20(26)22-17-12-16(9-10-18(17)28-14)21(27)23(11-5-8-19(24)25)13-15-6-3-2-4-7-15/h2-4,6-7,9-10,12,14H,5,8,11,13H2,1H3,(H,22,26)(H,24,25). The van der Waals surface area contributed by atoms with Gasteiger partial charge in [-0.1, -0.05) is 30.3 Å². The number of thioether (sulfide) groups is 1. The topological polar surface area (TPSA) is 86.7 Å². The lowest BCUT2D eigenvalue weighted by Gasteiger charge is -2.25. The van der Waals surface area contributed by atoms with Crippen LogP contribution in [0.15, 0.2) is 53.4 Å². The number of hydrogen-bond acceptors (Lipinski definition) is 4. The van der Waals surface area contributed by atoms with E-state index in [1.165, 1.54) is 11.8 Å². The summed E-state index contributed by atoms with van der Waals surface area (Å²) in [5.41, 5.74) is 2.09. The van der Waals surface area contributed by atoms with E-state index in [-0.39, 0.29) is 23.5 Å². The zero-order chi connectivity index (χ0) is 20.1. The molecule has 0 spiro atoms. The van der Waals surface area contributed by atoms with E-state index in [2.05, 4.69) is 5.32 Å². The smallest absolute Gasteiger partial charge is 0.303 e. The molecule has 0 bridgehead atoms. The molecule has 0 aliphatic carbocycles. The van der Waals surface area contributed by atoms with E-state index >= 15 is 0 Å². The maximum atomic E-state index is 13.1. The molecule has 1 heterocycles. The molecule has 1 aliphatic heterocycles. The van der Waals surface area contributed by atoms with Crippen LogP contribution in [0.2, 0.25) is 0 Å². The second kappa shape index (κ2) is 8.93. The fourth-order valence-corrected chi connectivity index (χ4v) is 3.93. The molecule has 0 aromatic heterocycles. The van der Waals surface area contributed by atoms with Crippen molar-refractivity contribution in [2.45, 2.75) is 36.5 Å². The molecule has 1 unspecified atom stereocenters. The maximum absolute atomic E-state index is 13.1. The summed E-state index contributed by atoms with van der Waals surface area (Å²) in [6.45, 7) is 2.58. The zero-order valence-corrected chi connectivity index (χ0v) is 16.4. The number of fused-ring (bicyclic) bond motifs is 1. The summed E-state index contributed by atoms with van der Waals surface area (Å²) < 4.78 is 0. The molecule has 3 rings (SSSR count). The van der Waals surface area contributed by atoms with Gasteiger partial charge in [0.1, 0.15) is 0 Å². The minimum atomic E-state index is -0.880. The lowest BCUT2D eigenvalue weighted by Crippen LogP contribution is -2.32. The quantitative estimate of drug-likeness (QED) is 0.744. The van der Waals surface area contributed by atoms with Crippen molar-refractivity contribution < 1.29 is 19.5 Å². The number of carboxylic acid groups (broad SMARTS) is 1. The van der Waals surface area contributed by atoms with Crippen molar-refractivity contribution in [3.05, 3.63) is 59.7 Å². The Kier molecular flexibility index (Phi) is 6.36. The maximum Gasteiger partial charge on any atom is 0.303 e. The van der Waals surface area contributed by atoms with Gasteiger partial charge in [0, 0.05) is 30.0 Å². The number of carboxylic acids is 1. The highest BCUT2D eigenvalue weighted by Gasteiger charge is 2.25. The molecule has 146 valence electrons. The van der Waals surface area contributed by atoms with E-state index in [4.69, 9.17) is 5.11 Å². The van der Waals surface area contributed by atoms with Gasteiger partial charge in [-0.3, -0.25) is 14.4 Å². The normalized spacial score (nSPS) is 15.5. The summed E-state index contributed by atoms with van der Waals surface area (Å²) in [6, 6.07) is 14.9. The molecule has 1 atom stereocenters. The number of carbonyl (C=O) groups excluding carboxylic acids is 2. The Morgan fingerprint density at radius 2 is 1.93 bits per heavy atom. The fraction of sp³-hybridized carbons (Fsp3) is 0.286. The van der Waals surface area contributed by atoms with Crippen LogP contribution in [0.3, 0.4) is 0 Å². The van der Waals surface area contributed by atoms with Crippen LogP contribution in [0.25, 0.3) is 0 Å². The van der Waals surface area contributed by atoms with Crippen LogP contribution in [-0.2, 0) is 16.1 Å². The number of amides is 2. The van der Waals surface area contributed by atoms with Gasteiger partial charge in [-0.15, -0.1) is 11.8 Å². The number of hydrogen-bond donors (Lipinski definition) is 2. The molecule has 2 aromatic carbocycles. The number of benzene rings is 2. The third-order valence-electron chi connectivity index (χ3n) is 4.48. The van der Waals surface area contributed by atoms with E-state index in [1.807, 2.05) is 43.3 Å². The Morgan fingerprint density at radius 3 is 2.64 bits per heavy atom. The van der Waals surface area contributed by atoms with Crippen LogP contribution >= 0.6 is 11.8 Å². The first-order chi connectivity index (χ1) is 13.4. The second-order valence-electron chi connectivity index (χ2n) is 6.67. The van der Waals surface area contributed by atoms with Gasteiger partial charge in [-0.2, -0.15) is 0 Å². The van der Waals surface area contributed by atoms with Crippen molar-refractivity contribution >= 4 is 35.2 Å². The van der Waals surface area contributed by atoms with Gasteiger partial charge in [0.2, 0.25) is 5.91 Å². The van der Waals surface area contributed by atoms with Crippen LogP contribution in [0, 0.1) is 0 Å². The number of rotatable bonds is 7. The molecule has 2 amide bonds. The molecular weight excluding hydrogens is 376 g/mol. The second-order valence-corrected chi connectivity index (χ2v) is 8.05. The Hall–Kier alpha value is -2.80. The molecule has 0 saturated heterocycles. The van der Waals surface area contributed by atoms with Crippen LogP contribution in [0.5, 0.6) is 0 Å². The Bertz CT molecular complexity index is 885. The van der Waals surface area contributed by atoms with Crippen molar-refractivity contribution in [2.24, 2.45) is 0 Å². The fourth-order valence-electron chi connectivity index (χ4n) is 3.00. The van der Waals surface area contributed by atoms with Crippen molar-refractivity contribution in [3.63, 3.8) is 0 Å². The first-order valence-electron chi connectivity index (χ1n) is 9.10. The number of nitrogens with one attached hydrogen (secondary N) is 1. The number of aliphatic carboxylic acids is 1. The molecular formula is C21H22N2O4S. The lowest BCUT2D eigenvalue weighted by molar-refractivity contribution is -0.137. The molecule has 1 aliphatic rings. The summed E-state index contributed by atoms with van der Waals surface area (Å²) >= 11 is 1.47. The van der Waals surface area contributed by atoms with Crippen LogP contribution < -0.4 is 5.32 Å². The highest BCUT2D eigenvalue weighted by atomic mass is 32.2. The van der Waals surface area contributed by atoms with Gasteiger partial charge < -0.3 is 15.3 Å². The number of anilines is 1. The Balaban J connectivity index is 1.80. The van der Waals surface area contributed by atoms with E-state index in [0.717, 1.165) is 10.5 Å². The third-order valence-corrected chi connectivity index (χ3v) is 5.66. The van der Waals surface area contributed by atoms with Gasteiger partial charge in [0.25, 0.3) is 5.91 Å². The van der Waals surface area contributed by atoms with Crippen LogP contribution in [-0.4, -0.2) is 39.6 Å². The summed E-state index contributed by atoms with van der Waals surface area (Å²) in [5.74, 6) is -1.14. The first kappa shape index (κ1) is 19.9. The molecule has 0 fully saturated rings. The van der Waals surface area contributed by atoms with Crippen molar-refractivity contribution in [3.8, 4) is 0 Å². The van der Waals surface area contributed by atoms with Crippen LogP contribution in [0.4, 0.5) is 5.69 Å². The largest absolute Gasteiger partial charge is 0.481 e. The van der Waals surface area contributed by atoms with E-state index in [0.29, 0.717) is 30.8 Å². The molecule has 2 N–H and O–H groups in total. The minimum Gasteiger partial charge on any atom is -0.481 e. The molecule has 28 heavy (non-hydrogen) atoms. The number of nitrogens with zero attached hydrogens (tertiary/aromatic N) is 1. The van der Waals surface area contributed by atoms with Crippen molar-refractivity contribution in [1.82, 2.24) is 4.90 Å². The van der Waals surface area contributed by atoms with Gasteiger partial charge >= 0.3 is 5.97 Å². The predicted molar refractivity (Wildman–Crippen MR) is 108 cm³/mol. The third kappa shape index (κ3) is 4.92. The molecule has 7 heteroatoms. The Labute approximate surface area is 167 Å². The van der Waals surface area contributed by atoms with Crippen molar-refractivity contribution in [1.29, 1.82) is 0 Å². The first-order valence-corrected chi connectivity index (χ1v) is 9.98. The van der Waals surface area contributed by atoms with E-state index in [1.54, 1.807) is 17.0 Å². The van der Waals surface area contributed by atoms with Gasteiger partial charge in [-0.25, -0.2) is 0 Å². The van der Waals surface area contributed by atoms with Gasteiger partial charge in [0.05, 0.1) is 10.9 Å². The summed E-state index contributed by atoms with van der Waals surface area (Å²) in [4.78, 5) is 38.5. The van der Waals surface area contributed by atoms with E-state index < -0.39 is 5.97 Å². The molecule has 2 aromatic rings. The summed E-state index contributed by atoms with van der Waals surface area (Å²) in [5, 5.41) is 11.6. The summed E-state index contributed by atoms with van der Waals surface area (Å²) in [7, 11) is 0. The SMILES string of the molecule is CC1Sc2ccc(C(=O)N(CCCC(=O)O)Cc3ccccc3)cc2NC1=O. The summed E-state index contributed by atoms with van der Waals surface area (Å²) in [6.07, 6.45) is 0.385. The molecule has 0 saturated carbocycles. The van der Waals surface area contributed by atoms with Gasteiger partial charge in [0.15, 0.2) is 0 Å². The average molecular weight is 398 g/mol. The highest BCUT2D eigenvalue weighted by molar-refractivity contribution is 8.00. The predicted octanol–water partition coefficient (Wildman–Crippen LogP) is 3.63. The monoisotopic (exact) mass is 398 g/mol. The highest BCUT2D eigenvalue weighted by Crippen LogP contribution is 2.36. The van der Waals surface area contributed by atoms with Crippen molar-refractivity contribution in [2.75, 3.05) is 11.9 Å². The zero-order valence-electron chi connectivity index (χ0n) is 15.6. The molecule has 0 radical (unpaired) electrons.